The lowest BCUT2D eigenvalue weighted by atomic mass is 9.96. The maximum Gasteiger partial charge on any atom is 0.416 e. The molecule has 2 aliphatic rings. The molecule has 0 saturated carbocycles. The Morgan fingerprint density at radius 2 is 1.50 bits per heavy atom. The summed E-state index contributed by atoms with van der Waals surface area (Å²) in [5, 5.41) is 12.0. The van der Waals surface area contributed by atoms with Crippen LogP contribution in [0.15, 0.2) is 53.9 Å². The molecule has 210 valence electrons. The largest absolute Gasteiger partial charge is 0.478 e. The quantitative estimate of drug-likeness (QED) is 0.470. The number of hydrogen-bond donors (Lipinski definition) is 1. The van der Waals surface area contributed by atoms with Gasteiger partial charge >= 0.3 is 12.1 Å². The third-order valence-electron chi connectivity index (χ3n) is 7.37. The van der Waals surface area contributed by atoms with Crippen LogP contribution in [0.2, 0.25) is 0 Å². The summed E-state index contributed by atoms with van der Waals surface area (Å²) in [6.45, 7) is 2.50. The Labute approximate surface area is 232 Å². The van der Waals surface area contributed by atoms with Crippen LogP contribution in [-0.2, 0) is 6.18 Å². The topological polar surface area (TPSA) is 94.0 Å². The number of amides is 2. The second-order valence-electron chi connectivity index (χ2n) is 9.82. The van der Waals surface area contributed by atoms with Gasteiger partial charge in [0.15, 0.2) is 0 Å². The van der Waals surface area contributed by atoms with E-state index in [-0.39, 0.29) is 28.9 Å². The molecule has 12 heteroatoms. The number of carbonyl (C=O) groups is 3. The number of aromatic nitrogens is 1. The van der Waals surface area contributed by atoms with E-state index in [1.54, 1.807) is 33.4 Å². The zero-order valence-corrected chi connectivity index (χ0v) is 22.2. The van der Waals surface area contributed by atoms with Crippen molar-refractivity contribution in [2.75, 3.05) is 44.2 Å². The van der Waals surface area contributed by atoms with E-state index in [4.69, 9.17) is 0 Å². The van der Waals surface area contributed by atoms with Gasteiger partial charge in [0.25, 0.3) is 11.8 Å². The molecule has 2 saturated heterocycles. The highest BCUT2D eigenvalue weighted by Crippen LogP contribution is 2.33. The van der Waals surface area contributed by atoms with Crippen molar-refractivity contribution in [3.63, 3.8) is 0 Å². The Morgan fingerprint density at radius 1 is 0.850 bits per heavy atom. The molecule has 5 rings (SSSR count). The van der Waals surface area contributed by atoms with E-state index in [2.05, 4.69) is 4.98 Å². The highest BCUT2D eigenvalue weighted by Gasteiger charge is 2.32. The monoisotopic (exact) mass is 572 g/mol. The molecule has 2 fully saturated rings. The lowest BCUT2D eigenvalue weighted by molar-refractivity contribution is -0.137. The summed E-state index contributed by atoms with van der Waals surface area (Å²) in [6.07, 6.45) is -3.11. The first-order valence-electron chi connectivity index (χ1n) is 12.9. The lowest BCUT2D eigenvalue weighted by Gasteiger charge is -2.36. The molecule has 2 amide bonds. The molecule has 2 aliphatic heterocycles. The van der Waals surface area contributed by atoms with E-state index in [1.807, 2.05) is 4.90 Å². The molecule has 3 heterocycles. The SMILES string of the molecule is O=C(O)c1ccccc1C(=O)N1CCC(c2nc(C(=O)N3CCN(c4cccc(C(F)(F)F)c4)CC3)cs2)CC1. The van der Waals surface area contributed by atoms with Gasteiger partial charge in [-0.3, -0.25) is 9.59 Å². The number of carboxylic acid groups (broad SMARTS) is 1. The third-order valence-corrected chi connectivity index (χ3v) is 8.37. The second-order valence-corrected chi connectivity index (χ2v) is 10.7. The summed E-state index contributed by atoms with van der Waals surface area (Å²) in [5.41, 5.74) is 0.284. The van der Waals surface area contributed by atoms with Gasteiger partial charge in [-0.25, -0.2) is 9.78 Å². The summed E-state index contributed by atoms with van der Waals surface area (Å²) in [4.78, 5) is 47.3. The number of piperazine rings is 1. The van der Waals surface area contributed by atoms with Crippen LogP contribution in [-0.4, -0.2) is 76.9 Å². The number of carbonyl (C=O) groups excluding carboxylic acids is 2. The Balaban J connectivity index is 1.16. The second kappa shape index (κ2) is 11.3. The number of aromatic carboxylic acids is 1. The van der Waals surface area contributed by atoms with Gasteiger partial charge in [-0.15, -0.1) is 11.3 Å². The lowest BCUT2D eigenvalue weighted by Crippen LogP contribution is -2.49. The summed E-state index contributed by atoms with van der Waals surface area (Å²) >= 11 is 1.41. The van der Waals surface area contributed by atoms with Crippen LogP contribution >= 0.6 is 11.3 Å². The Kier molecular flexibility index (Phi) is 7.79. The maximum atomic E-state index is 13.1. The van der Waals surface area contributed by atoms with Crippen molar-refractivity contribution in [1.29, 1.82) is 0 Å². The van der Waals surface area contributed by atoms with Crippen LogP contribution in [0.1, 0.15) is 60.5 Å². The van der Waals surface area contributed by atoms with Crippen molar-refractivity contribution in [1.82, 2.24) is 14.8 Å². The number of thiazole rings is 1. The number of benzene rings is 2. The van der Waals surface area contributed by atoms with Gasteiger partial charge in [0.05, 0.1) is 21.7 Å². The van der Waals surface area contributed by atoms with Gasteiger partial charge in [0.1, 0.15) is 5.69 Å². The van der Waals surface area contributed by atoms with E-state index in [1.165, 1.54) is 29.5 Å². The first-order chi connectivity index (χ1) is 19.1. The van der Waals surface area contributed by atoms with Gasteiger partial charge in [-0.2, -0.15) is 13.2 Å². The molecule has 2 aromatic carbocycles. The van der Waals surface area contributed by atoms with Gasteiger partial charge in [-0.05, 0) is 43.2 Å². The van der Waals surface area contributed by atoms with Crippen LogP contribution in [0.3, 0.4) is 0 Å². The molecular weight excluding hydrogens is 545 g/mol. The van der Waals surface area contributed by atoms with Crippen LogP contribution < -0.4 is 4.90 Å². The van der Waals surface area contributed by atoms with Crippen LogP contribution in [0, 0.1) is 0 Å². The highest BCUT2D eigenvalue weighted by atomic mass is 32.1. The summed E-state index contributed by atoms with van der Waals surface area (Å²) in [6, 6.07) is 11.4. The predicted molar refractivity (Wildman–Crippen MR) is 143 cm³/mol. The molecule has 0 spiro atoms. The minimum absolute atomic E-state index is 0.0200. The van der Waals surface area contributed by atoms with E-state index >= 15 is 0 Å². The number of rotatable bonds is 5. The number of piperidine rings is 1. The minimum atomic E-state index is -4.41. The predicted octanol–water partition coefficient (Wildman–Crippen LogP) is 4.84. The average molecular weight is 573 g/mol. The first-order valence-corrected chi connectivity index (χ1v) is 13.8. The molecule has 0 radical (unpaired) electrons. The average Bonchev–Trinajstić information content (AvgIpc) is 3.47. The van der Waals surface area contributed by atoms with Gasteiger partial charge < -0.3 is 19.8 Å². The zero-order chi connectivity index (χ0) is 28.4. The number of anilines is 1. The number of carboxylic acids is 1. The van der Waals surface area contributed by atoms with Crippen LogP contribution in [0.4, 0.5) is 18.9 Å². The van der Waals surface area contributed by atoms with Crippen LogP contribution in [0.25, 0.3) is 0 Å². The first kappa shape index (κ1) is 27.6. The molecule has 3 aromatic rings. The Bertz CT molecular complexity index is 1410. The van der Waals surface area contributed by atoms with Crippen molar-refractivity contribution in [2.45, 2.75) is 24.9 Å². The Hall–Kier alpha value is -3.93. The smallest absolute Gasteiger partial charge is 0.416 e. The molecule has 0 atom stereocenters. The van der Waals surface area contributed by atoms with Crippen molar-refractivity contribution < 1.29 is 32.7 Å². The number of alkyl halides is 3. The molecule has 0 aliphatic carbocycles. The van der Waals surface area contributed by atoms with Crippen molar-refractivity contribution in [3.8, 4) is 0 Å². The molecule has 0 bridgehead atoms. The molecule has 40 heavy (non-hydrogen) atoms. The summed E-state index contributed by atoms with van der Waals surface area (Å²) < 4.78 is 39.2. The number of nitrogens with zero attached hydrogens (tertiary/aromatic N) is 4. The van der Waals surface area contributed by atoms with Crippen molar-refractivity contribution in [2.24, 2.45) is 0 Å². The number of hydrogen-bond acceptors (Lipinski definition) is 6. The summed E-state index contributed by atoms with van der Waals surface area (Å²) in [5.74, 6) is -1.57. The summed E-state index contributed by atoms with van der Waals surface area (Å²) in [7, 11) is 0. The van der Waals surface area contributed by atoms with E-state index < -0.39 is 17.7 Å². The molecule has 0 unspecified atom stereocenters. The van der Waals surface area contributed by atoms with Gasteiger partial charge in [0.2, 0.25) is 0 Å². The fourth-order valence-corrected chi connectivity index (χ4v) is 6.10. The zero-order valence-electron chi connectivity index (χ0n) is 21.4. The number of likely N-dealkylation sites (tertiary alicyclic amines) is 1. The maximum absolute atomic E-state index is 13.1. The fraction of sp³-hybridized carbons (Fsp3) is 0.357. The van der Waals surface area contributed by atoms with Gasteiger partial charge in [-0.1, -0.05) is 18.2 Å². The van der Waals surface area contributed by atoms with Crippen molar-refractivity contribution in [3.05, 3.63) is 81.3 Å². The molecule has 8 nitrogen and oxygen atoms in total. The normalized spacial score (nSPS) is 16.7. The highest BCUT2D eigenvalue weighted by molar-refractivity contribution is 7.09. The van der Waals surface area contributed by atoms with Crippen LogP contribution in [0.5, 0.6) is 0 Å². The Morgan fingerprint density at radius 3 is 2.15 bits per heavy atom. The van der Waals surface area contributed by atoms with E-state index in [0.717, 1.165) is 17.1 Å². The van der Waals surface area contributed by atoms with E-state index in [9.17, 15) is 32.7 Å². The molecule has 1 aromatic heterocycles. The van der Waals surface area contributed by atoms with Gasteiger partial charge in [0, 0.05) is 56.3 Å². The fourth-order valence-electron chi connectivity index (χ4n) is 5.14. The van der Waals surface area contributed by atoms with Crippen molar-refractivity contribution >= 4 is 34.8 Å². The molecular formula is C28H27F3N4O4S. The minimum Gasteiger partial charge on any atom is -0.478 e. The standard InChI is InChI=1S/C28H27F3N4O4S/c29-28(30,31)19-4-3-5-20(16-19)33-12-14-35(15-13-33)26(37)23-17-40-24(32-23)18-8-10-34(11-9-18)25(36)21-6-1-2-7-22(21)27(38)39/h1-7,16-18H,8-15H2,(H,38,39). The molecule has 1 N–H and O–H groups in total. The number of halogens is 3. The third kappa shape index (κ3) is 5.81. The van der Waals surface area contributed by atoms with E-state index in [0.29, 0.717) is 63.5 Å².